The van der Waals surface area contributed by atoms with E-state index in [1.807, 2.05) is 30.9 Å². The van der Waals surface area contributed by atoms with Gasteiger partial charge < -0.3 is 28.9 Å². The number of aromatic nitrogens is 16. The normalized spacial score (nSPS) is 22.4. The second kappa shape index (κ2) is 25.6. The monoisotopic (exact) mass is 1340 g/mol. The molecule has 9 unspecified atom stereocenters. The van der Waals surface area contributed by atoms with E-state index in [1.165, 1.54) is 52.6 Å². The van der Waals surface area contributed by atoms with Gasteiger partial charge >= 0.3 is 18.5 Å². The molecule has 6 aliphatic rings. The van der Waals surface area contributed by atoms with Gasteiger partial charge in [-0.2, -0.15) is 74.9 Å². The number of ether oxygens (including phenoxy) is 3. The Morgan fingerprint density at radius 1 is 0.427 bits per heavy atom. The van der Waals surface area contributed by atoms with Crippen molar-refractivity contribution in [2.75, 3.05) is 0 Å². The van der Waals surface area contributed by atoms with E-state index in [4.69, 9.17) is 14.2 Å². The Bertz CT molecular complexity index is 4090. The number of carbonyl (C=O) groups is 3. The van der Waals surface area contributed by atoms with Crippen molar-refractivity contribution in [3.63, 3.8) is 0 Å². The Balaban J connectivity index is 0.000000130. The maximum atomic E-state index is 14.6. The molecule has 0 radical (unpaired) electrons. The van der Waals surface area contributed by atoms with Crippen LogP contribution in [0.3, 0.4) is 0 Å². The summed E-state index contributed by atoms with van der Waals surface area (Å²) in [5, 5.41) is 24.4. The van der Waals surface area contributed by atoms with Gasteiger partial charge in [-0.1, -0.05) is 18.2 Å². The number of rotatable bonds is 12. The van der Waals surface area contributed by atoms with Gasteiger partial charge in [0.1, 0.15) is 29.7 Å². The lowest BCUT2D eigenvalue weighted by Crippen LogP contribution is -2.40. The van der Waals surface area contributed by atoms with Crippen LogP contribution in [0.4, 0.5) is 43.9 Å². The van der Waals surface area contributed by atoms with E-state index < -0.39 is 47.5 Å². The molecule has 9 atom stereocenters. The van der Waals surface area contributed by atoms with E-state index in [-0.39, 0.29) is 95.1 Å². The van der Waals surface area contributed by atoms with E-state index in [9.17, 15) is 58.3 Å². The highest BCUT2D eigenvalue weighted by atomic mass is 19.4. The number of halogens is 10. The van der Waals surface area contributed by atoms with Gasteiger partial charge in [0.2, 0.25) is 17.6 Å². The van der Waals surface area contributed by atoms with Crippen LogP contribution in [0.25, 0.3) is 17.2 Å². The highest BCUT2D eigenvalue weighted by molar-refractivity contribution is 6.00. The average Bonchev–Trinajstić information content (AvgIpc) is 1.60. The van der Waals surface area contributed by atoms with Gasteiger partial charge in [0.05, 0.1) is 109 Å². The summed E-state index contributed by atoms with van der Waals surface area (Å²) in [7, 11) is 0. The van der Waals surface area contributed by atoms with Crippen LogP contribution < -0.4 is 14.2 Å². The number of fused-ring (bicyclic) bond motifs is 6. The minimum Gasteiger partial charge on any atom is -0.471 e. The fraction of sp³-hybridized carbons (Fsp3) is 0.377. The summed E-state index contributed by atoms with van der Waals surface area (Å²) in [5.74, 6) is -1.05. The number of para-hydroxylation sites is 2. The Hall–Kier alpha value is -10.6. The molecule has 3 amide bonds. The zero-order valence-electron chi connectivity index (χ0n) is 50.3. The van der Waals surface area contributed by atoms with Crippen molar-refractivity contribution in [1.82, 2.24) is 94.6 Å². The van der Waals surface area contributed by atoms with Gasteiger partial charge in [-0.25, -0.2) is 39.3 Å². The van der Waals surface area contributed by atoms with Gasteiger partial charge in [0.15, 0.2) is 28.7 Å². The summed E-state index contributed by atoms with van der Waals surface area (Å²) in [6.45, 7) is 3.71. The average molecular weight is 1340 g/mol. The van der Waals surface area contributed by atoms with Gasteiger partial charge in [-0.3, -0.25) is 14.4 Å². The van der Waals surface area contributed by atoms with Crippen LogP contribution >= 0.6 is 0 Å². The molecular formula is C61H53F10N19O6. The summed E-state index contributed by atoms with van der Waals surface area (Å²) in [4.78, 5) is 75.3. The predicted molar refractivity (Wildman–Crippen MR) is 308 cm³/mol. The smallest absolute Gasteiger partial charge is 0.434 e. The fourth-order valence-electron chi connectivity index (χ4n) is 13.4. The molecule has 7 aromatic heterocycles. The van der Waals surface area contributed by atoms with Crippen LogP contribution in [0.15, 0.2) is 123 Å². The van der Waals surface area contributed by atoms with Gasteiger partial charge in [-0.15, -0.1) is 9.59 Å². The number of hydrogen-bond acceptors (Lipinski definition) is 19. The standard InChI is InChI=1S/C21H19F3N6O2.C20H16F4N6O2.C20H18F3N7O2/c1-12-3-2-4-14(19(12)30-27-7-8-28-30)20(31)29-13-5-6-15(29)16(9-13)32-18-11-25-17(10-26-18)21(22,23)24;21-13-3-1-2-12(18(13)30-27-6-7-28-30)19(31)29-11-4-5-14(29)15(8-11)32-17-10-25-16(9-26-17)20(22,23)24;1-11-2-4-13(18(28-11)30-26-6-7-27-30)19(31)29-12-3-5-14(29)15(8-12)32-17-10-24-16(9-25-17)20(21,22)23/h2-4,7-8,10-11,13,15-16H,5-6,9H2,1H3;1-3,6-7,9-11,14-15H,4-5,8H2;2,4,6-7,9-10,12,14-15H,3,5,8H2,1H3. The van der Waals surface area contributed by atoms with Crippen LogP contribution in [0.1, 0.15) is 117 Å². The third-order valence-corrected chi connectivity index (χ3v) is 17.5. The molecule has 6 aliphatic heterocycles. The molecule has 6 fully saturated rings. The SMILES string of the molecule is Cc1ccc(C(=O)N2C3CCC2C(Oc2cnc(C(F)(F)F)cn2)C3)c(-n2nccn2)n1.Cc1cccc(C(=O)N2C3CCC2C(Oc2cnc(C(F)(F)F)cn2)C3)c1-n1nccn1.O=C(c1cccc(F)c1-n1nccn1)N1C2CCC1C(Oc1cnc(C(F)(F)F)cn1)C2. The largest absolute Gasteiger partial charge is 0.471 e. The van der Waals surface area contributed by atoms with Gasteiger partial charge in [-0.05, 0) is 88.3 Å². The maximum absolute atomic E-state index is 14.6. The molecule has 35 heteroatoms. The van der Waals surface area contributed by atoms with Crippen molar-refractivity contribution < 1.29 is 72.5 Å². The first-order valence-electron chi connectivity index (χ1n) is 30.1. The topological polar surface area (TPSA) is 271 Å². The molecule has 6 saturated heterocycles. The molecule has 0 N–H and O–H groups in total. The number of pyridine rings is 1. The lowest BCUT2D eigenvalue weighted by molar-refractivity contribution is -0.142. The summed E-state index contributed by atoms with van der Waals surface area (Å²) in [5.41, 5.74) is -0.109. The van der Waals surface area contributed by atoms with Gasteiger partial charge in [0.25, 0.3) is 17.7 Å². The summed E-state index contributed by atoms with van der Waals surface area (Å²) in [6.07, 6.45) is 4.93. The quantitative estimate of drug-likeness (QED) is 0.103. The number of nitrogens with zero attached hydrogens (tertiary/aromatic N) is 19. The van der Waals surface area contributed by atoms with Crippen molar-refractivity contribution in [2.45, 2.75) is 145 Å². The number of benzene rings is 2. The minimum absolute atomic E-state index is 0.00128. The summed E-state index contributed by atoms with van der Waals surface area (Å²) < 4.78 is 146. The Kier molecular flexibility index (Phi) is 17.1. The number of hydrogen-bond donors (Lipinski definition) is 0. The highest BCUT2D eigenvalue weighted by Gasteiger charge is 2.54. The Morgan fingerprint density at radius 3 is 1.18 bits per heavy atom. The molecule has 498 valence electrons. The van der Waals surface area contributed by atoms with E-state index in [0.717, 1.165) is 66.7 Å². The van der Waals surface area contributed by atoms with Crippen LogP contribution in [0.5, 0.6) is 17.6 Å². The van der Waals surface area contributed by atoms with Crippen LogP contribution in [-0.2, 0) is 18.5 Å². The second-order valence-electron chi connectivity index (χ2n) is 23.3. The molecule has 15 rings (SSSR count). The fourth-order valence-corrected chi connectivity index (χ4v) is 13.4. The van der Waals surface area contributed by atoms with Gasteiger partial charge in [0, 0.05) is 43.1 Å². The van der Waals surface area contributed by atoms with E-state index >= 15 is 0 Å². The molecule has 2 aromatic carbocycles. The van der Waals surface area contributed by atoms with Crippen molar-refractivity contribution in [1.29, 1.82) is 0 Å². The molecule has 96 heavy (non-hydrogen) atoms. The van der Waals surface area contributed by atoms with Crippen LogP contribution in [-0.4, -0.2) is 167 Å². The third kappa shape index (κ3) is 12.8. The zero-order valence-corrected chi connectivity index (χ0v) is 50.3. The predicted octanol–water partition coefficient (Wildman–Crippen LogP) is 8.85. The van der Waals surface area contributed by atoms with Crippen molar-refractivity contribution in [2.24, 2.45) is 0 Å². The maximum Gasteiger partial charge on any atom is 0.434 e. The number of alkyl halides is 9. The first-order chi connectivity index (χ1) is 46.0. The lowest BCUT2D eigenvalue weighted by Gasteiger charge is -2.25. The minimum atomic E-state index is -4.59. The molecule has 25 nitrogen and oxygen atoms in total. The lowest BCUT2D eigenvalue weighted by atomic mass is 9.98. The molecule has 0 saturated carbocycles. The highest BCUT2D eigenvalue weighted by Crippen LogP contribution is 2.45. The number of amides is 3. The molecule has 0 aliphatic carbocycles. The van der Waals surface area contributed by atoms with Crippen LogP contribution in [0.2, 0.25) is 0 Å². The zero-order chi connectivity index (χ0) is 67.4. The third-order valence-electron chi connectivity index (χ3n) is 17.5. The van der Waals surface area contributed by atoms with E-state index in [1.54, 1.807) is 40.4 Å². The molecule has 13 heterocycles. The van der Waals surface area contributed by atoms with E-state index in [0.29, 0.717) is 66.9 Å². The molecule has 6 bridgehead atoms. The second-order valence-corrected chi connectivity index (χ2v) is 23.3. The Labute approximate surface area is 536 Å². The Morgan fingerprint density at radius 2 is 0.792 bits per heavy atom. The van der Waals surface area contributed by atoms with Crippen molar-refractivity contribution in [3.8, 4) is 34.8 Å². The molecule has 0 spiro atoms. The van der Waals surface area contributed by atoms with Crippen LogP contribution in [0, 0.1) is 19.7 Å². The van der Waals surface area contributed by atoms with E-state index in [2.05, 4.69) is 65.5 Å². The van der Waals surface area contributed by atoms with Crippen molar-refractivity contribution in [3.05, 3.63) is 174 Å². The molecular weight excluding hydrogens is 1280 g/mol. The first kappa shape index (κ1) is 64.1. The molecule has 9 aromatic rings. The number of carbonyl (C=O) groups excluding carboxylic acids is 3. The number of aryl methyl sites for hydroxylation is 2. The van der Waals surface area contributed by atoms with Crippen molar-refractivity contribution >= 4 is 17.7 Å². The summed E-state index contributed by atoms with van der Waals surface area (Å²) >= 11 is 0. The first-order valence-corrected chi connectivity index (χ1v) is 30.1. The summed E-state index contributed by atoms with van der Waals surface area (Å²) in [6, 6.07) is 12.2.